The summed E-state index contributed by atoms with van der Waals surface area (Å²) < 4.78 is 24.2. The van der Waals surface area contributed by atoms with E-state index in [-0.39, 0.29) is 0 Å². The van der Waals surface area contributed by atoms with Crippen LogP contribution in [0.4, 0.5) is 0 Å². The third-order valence-electron chi connectivity index (χ3n) is 11.6. The van der Waals surface area contributed by atoms with Crippen LogP contribution in [0.15, 0.2) is 24.3 Å². The van der Waals surface area contributed by atoms with Gasteiger partial charge in [0.25, 0.3) is 0 Å². The van der Waals surface area contributed by atoms with Crippen molar-refractivity contribution in [1.29, 1.82) is 0 Å². The zero-order valence-electron chi connectivity index (χ0n) is 40.4. The van der Waals surface area contributed by atoms with Gasteiger partial charge in [0.15, 0.2) is 0 Å². The molecule has 0 unspecified atom stereocenters. The van der Waals surface area contributed by atoms with Gasteiger partial charge in [-0.25, -0.2) is 0 Å². The molecule has 0 spiro atoms. The van der Waals surface area contributed by atoms with E-state index in [1.54, 1.807) is 0 Å². The smallest absolute Gasteiger partial charge is 0.0654 e. The van der Waals surface area contributed by atoms with E-state index >= 15 is 0 Å². The number of unbranched alkanes of at least 4 members (excludes halogenated alkanes) is 32. The molecule has 0 aromatic rings. The molecule has 0 fully saturated rings. The van der Waals surface area contributed by atoms with Crippen molar-refractivity contribution < 1.29 is 34.8 Å². The van der Waals surface area contributed by atoms with Crippen molar-refractivity contribution in [1.82, 2.24) is 0 Å². The van der Waals surface area contributed by atoms with Gasteiger partial charge in [-0.1, -0.05) is 104 Å². The predicted molar refractivity (Wildman–Crippen MR) is 257 cm³/mol. The molecule has 61 heavy (non-hydrogen) atoms. The Hall–Kier alpha value is -1.84. The van der Waals surface area contributed by atoms with Gasteiger partial charge >= 0.3 is 279 Å². The summed E-state index contributed by atoms with van der Waals surface area (Å²) in [6.45, 7) is 9.52. The van der Waals surface area contributed by atoms with Gasteiger partial charge in [-0.3, -0.25) is 0 Å². The Balaban J connectivity index is 5.11. The van der Waals surface area contributed by atoms with Crippen LogP contribution >= 0.6 is 0 Å². The summed E-state index contributed by atoms with van der Waals surface area (Å²) in [7, 11) is 0. The summed E-state index contributed by atoms with van der Waals surface area (Å²) in [6.07, 6.45) is 46.6. The second-order valence-electron chi connectivity index (χ2n) is 17.6. The summed E-state index contributed by atoms with van der Waals surface area (Å²) in [5.41, 5.74) is 0. The van der Waals surface area contributed by atoms with Crippen molar-refractivity contribution in [2.45, 2.75) is 268 Å². The second kappa shape index (κ2) is 46.2. The number of carbonyl (C=O) groups excluding carboxylic acids is 4. The molecule has 0 atom stereocenters. The quantitative estimate of drug-likeness (QED) is 0.0257. The van der Waals surface area contributed by atoms with Gasteiger partial charge in [-0.05, 0) is 0 Å². The third kappa shape index (κ3) is 41.9. The minimum Gasteiger partial charge on any atom is -0.0654 e. The molecule has 0 aliphatic carbocycles. The van der Waals surface area contributed by atoms with E-state index in [9.17, 15) is 19.2 Å². The number of hydrogen-bond acceptors (Lipinski definition) is 8. The zero-order chi connectivity index (χ0) is 44.8. The van der Waals surface area contributed by atoms with Crippen molar-refractivity contribution in [3.63, 3.8) is 0 Å². The van der Waals surface area contributed by atoms with Crippen LogP contribution in [0.2, 0.25) is 8.87 Å². The fourth-order valence-electron chi connectivity index (χ4n) is 7.73. The number of ether oxygens (including phenoxy) is 2. The fraction of sp³-hybridized carbons (Fsp3) is 0.846. The Morgan fingerprint density at radius 2 is 0.508 bits per heavy atom. The Labute approximate surface area is 381 Å². The van der Waals surface area contributed by atoms with E-state index in [4.69, 9.17) is 15.6 Å². The first kappa shape index (κ1) is 59.2. The molecule has 0 radical (unpaired) electrons. The first-order valence-corrected chi connectivity index (χ1v) is 32.3. The monoisotopic (exact) mass is 969 g/mol. The predicted octanol–water partition coefficient (Wildman–Crippen LogP) is 15.8. The summed E-state index contributed by atoms with van der Waals surface area (Å²) >= 11 is -4.41. The molecule has 0 aliphatic heterocycles. The summed E-state index contributed by atoms with van der Waals surface area (Å²) in [5, 5.41) is 0. The number of esters is 2. The average molecular weight is 968 g/mol. The molecule has 0 heterocycles. The van der Waals surface area contributed by atoms with Gasteiger partial charge < -0.3 is 0 Å². The van der Waals surface area contributed by atoms with Crippen LogP contribution < -0.4 is 0 Å². The molecule has 356 valence electrons. The van der Waals surface area contributed by atoms with Gasteiger partial charge in [0.1, 0.15) is 0 Å². The van der Waals surface area contributed by atoms with Gasteiger partial charge in [-0.2, -0.15) is 0 Å². The van der Waals surface area contributed by atoms with Gasteiger partial charge in [-0.15, -0.1) is 0 Å². The van der Waals surface area contributed by atoms with Crippen LogP contribution in [-0.2, 0) is 34.8 Å². The molecule has 8 nitrogen and oxygen atoms in total. The molecule has 0 saturated carbocycles. The van der Waals surface area contributed by atoms with Crippen molar-refractivity contribution in [2.75, 3.05) is 13.2 Å². The first-order valence-electron chi connectivity index (χ1n) is 26.0. The standard InChI is InChI=1S/2C18H32O4.2C8H17.Sn/c2*1-2-3-4-5-6-7-8-9-10-11-12-13-16-22-18(21)15-14-17(19)20;2*1-3-5-7-8-6-4-2;/h2*14-15H,2-13,16H2,1H3,(H,19,20);2*1,3-8H2,2H3;/q;;;;+2/p-2. The van der Waals surface area contributed by atoms with Crippen LogP contribution in [0, 0.1) is 0 Å². The van der Waals surface area contributed by atoms with Crippen molar-refractivity contribution in [3.05, 3.63) is 24.3 Å². The van der Waals surface area contributed by atoms with Crippen LogP contribution in [-0.4, -0.2) is 56.3 Å². The van der Waals surface area contributed by atoms with Crippen LogP contribution in [0.1, 0.15) is 259 Å². The minimum absolute atomic E-state index is 0.320. The van der Waals surface area contributed by atoms with Crippen LogP contribution in [0.3, 0.4) is 0 Å². The molecule has 9 heteroatoms. The minimum atomic E-state index is -4.41. The first-order chi connectivity index (χ1) is 29.8. The Morgan fingerprint density at radius 1 is 0.295 bits per heavy atom. The van der Waals surface area contributed by atoms with E-state index in [1.165, 1.54) is 128 Å². The maximum absolute atomic E-state index is 13.3. The second-order valence-corrected chi connectivity index (χ2v) is 26.8. The van der Waals surface area contributed by atoms with E-state index in [0.29, 0.717) is 22.1 Å². The average Bonchev–Trinajstić information content (AvgIpc) is 3.25. The third-order valence-corrected chi connectivity index (χ3v) is 21.2. The molecule has 0 rings (SSSR count). The number of hydrogen-bond donors (Lipinski definition) is 0. The van der Waals surface area contributed by atoms with E-state index in [0.717, 1.165) is 127 Å². The number of rotatable bonds is 46. The normalized spacial score (nSPS) is 11.7. The van der Waals surface area contributed by atoms with Gasteiger partial charge in [0.05, 0.1) is 0 Å². The molecule has 0 aromatic carbocycles. The molecular weight excluding hydrogens is 871 g/mol. The summed E-state index contributed by atoms with van der Waals surface area (Å²) in [6, 6.07) is 0. The van der Waals surface area contributed by atoms with E-state index in [2.05, 4.69) is 27.7 Å². The Kier molecular flexibility index (Phi) is 44.8. The van der Waals surface area contributed by atoms with Crippen molar-refractivity contribution in [3.8, 4) is 0 Å². The summed E-state index contributed by atoms with van der Waals surface area (Å²) in [4.78, 5) is 51.6. The van der Waals surface area contributed by atoms with Crippen LogP contribution in [0.25, 0.3) is 0 Å². The zero-order valence-corrected chi connectivity index (χ0v) is 43.2. The molecule has 0 amide bonds. The van der Waals surface area contributed by atoms with Crippen molar-refractivity contribution >= 4 is 43.1 Å². The molecule has 0 saturated heterocycles. The molecule has 0 bridgehead atoms. The van der Waals surface area contributed by atoms with Crippen molar-refractivity contribution in [2.24, 2.45) is 0 Å². The molecule has 0 N–H and O–H groups in total. The Morgan fingerprint density at radius 3 is 0.770 bits per heavy atom. The fourth-order valence-corrected chi connectivity index (χ4v) is 16.7. The van der Waals surface area contributed by atoms with E-state index < -0.39 is 43.1 Å². The number of carbonyl (C=O) groups is 4. The topological polar surface area (TPSA) is 105 Å². The molecular formula is C52H96O8Sn. The van der Waals surface area contributed by atoms with Crippen LogP contribution in [0.5, 0.6) is 0 Å². The summed E-state index contributed by atoms with van der Waals surface area (Å²) in [5.74, 6) is -2.49. The maximum atomic E-state index is 13.3. The molecule has 0 aliphatic rings. The Bertz CT molecular complexity index is 1010. The van der Waals surface area contributed by atoms with Gasteiger partial charge in [0.2, 0.25) is 0 Å². The SMILES string of the molecule is CCCCCCCCCCCCCCOC(=O)C=CC(=O)[O][Sn]([CH2]CCCCCCC)([CH2]CCCCCCC)[O]C(=O)C=CC(=O)OCCCCCCCCCCCCCC. The van der Waals surface area contributed by atoms with Gasteiger partial charge in [0, 0.05) is 0 Å². The van der Waals surface area contributed by atoms with E-state index in [1.807, 2.05) is 0 Å². The molecule has 0 aromatic heterocycles.